The Morgan fingerprint density at radius 2 is 1.74 bits per heavy atom. The Kier molecular flexibility index (Phi) is 4.89. The van der Waals surface area contributed by atoms with Crippen LogP contribution in [0.25, 0.3) is 21.9 Å². The average Bonchev–Trinajstić information content (AvgIpc) is 3.13. The van der Waals surface area contributed by atoms with E-state index in [4.69, 9.17) is 9.15 Å². The minimum atomic E-state index is -0.489. The Morgan fingerprint density at radius 3 is 2.59 bits per heavy atom. The van der Waals surface area contributed by atoms with E-state index in [9.17, 15) is 9.59 Å². The molecule has 0 aliphatic rings. The number of thioether (sulfide) groups is 1. The first-order valence-electron chi connectivity index (χ1n) is 8.35. The van der Waals surface area contributed by atoms with Gasteiger partial charge in [0, 0.05) is 5.56 Å². The van der Waals surface area contributed by atoms with Crippen LogP contribution < -0.4 is 0 Å². The molecule has 0 saturated heterocycles. The summed E-state index contributed by atoms with van der Waals surface area (Å²) in [7, 11) is 0. The van der Waals surface area contributed by atoms with Crippen LogP contribution in [0.15, 0.2) is 76.4 Å². The quantitative estimate of drug-likeness (QED) is 0.280. The number of rotatable bonds is 6. The number of carbonyl (C=O) groups is 2. The maximum atomic E-state index is 12.3. The fourth-order valence-electron chi connectivity index (χ4n) is 2.67. The highest BCUT2D eigenvalue weighted by Crippen LogP contribution is 2.23. The SMILES string of the molecule is O=C(CSc1nc2ccccc2o1)OCC(=O)c1ccc2ccccc2c1. The first kappa shape index (κ1) is 17.3. The third-order valence-corrected chi connectivity index (χ3v) is 4.83. The van der Waals surface area contributed by atoms with Crippen molar-refractivity contribution in [3.63, 3.8) is 0 Å². The van der Waals surface area contributed by atoms with Crippen molar-refractivity contribution in [1.82, 2.24) is 4.98 Å². The molecular weight excluding hydrogens is 362 g/mol. The number of hydrogen-bond acceptors (Lipinski definition) is 6. The van der Waals surface area contributed by atoms with Gasteiger partial charge in [-0.1, -0.05) is 60.3 Å². The second-order valence-corrected chi connectivity index (χ2v) is 6.81. The van der Waals surface area contributed by atoms with E-state index in [0.29, 0.717) is 16.4 Å². The van der Waals surface area contributed by atoms with Crippen LogP contribution in [0.4, 0.5) is 0 Å². The minimum absolute atomic E-state index is 0.0256. The molecule has 0 fully saturated rings. The van der Waals surface area contributed by atoms with Crippen molar-refractivity contribution >= 4 is 45.4 Å². The Morgan fingerprint density at radius 1 is 0.963 bits per heavy atom. The van der Waals surface area contributed by atoms with Crippen molar-refractivity contribution in [1.29, 1.82) is 0 Å². The van der Waals surface area contributed by atoms with Gasteiger partial charge in [-0.15, -0.1) is 0 Å². The van der Waals surface area contributed by atoms with Crippen molar-refractivity contribution in [2.75, 3.05) is 12.4 Å². The van der Waals surface area contributed by atoms with Crippen molar-refractivity contribution < 1.29 is 18.7 Å². The molecule has 0 N–H and O–H groups in total. The van der Waals surface area contributed by atoms with Gasteiger partial charge in [0.2, 0.25) is 0 Å². The van der Waals surface area contributed by atoms with Gasteiger partial charge in [-0.25, -0.2) is 4.98 Å². The number of carbonyl (C=O) groups excluding carboxylic acids is 2. The molecule has 0 spiro atoms. The summed E-state index contributed by atoms with van der Waals surface area (Å²) in [5, 5.41) is 2.43. The molecule has 134 valence electrons. The third kappa shape index (κ3) is 4.01. The highest BCUT2D eigenvalue weighted by molar-refractivity contribution is 7.99. The van der Waals surface area contributed by atoms with Crippen LogP contribution >= 0.6 is 11.8 Å². The van der Waals surface area contributed by atoms with Crippen molar-refractivity contribution in [3.05, 3.63) is 72.3 Å². The van der Waals surface area contributed by atoms with Crippen LogP contribution in [0, 0.1) is 0 Å². The molecule has 0 unspecified atom stereocenters. The normalized spacial score (nSPS) is 11.0. The van der Waals surface area contributed by atoms with E-state index in [0.717, 1.165) is 28.1 Å². The second kappa shape index (κ2) is 7.63. The van der Waals surface area contributed by atoms with Gasteiger partial charge in [0.1, 0.15) is 11.3 Å². The van der Waals surface area contributed by atoms with Gasteiger partial charge in [-0.2, -0.15) is 0 Å². The van der Waals surface area contributed by atoms with Crippen LogP contribution in [0.5, 0.6) is 0 Å². The van der Waals surface area contributed by atoms with Gasteiger partial charge >= 0.3 is 5.97 Å². The molecule has 4 aromatic rings. The smallest absolute Gasteiger partial charge is 0.316 e. The van der Waals surface area contributed by atoms with Gasteiger partial charge in [-0.3, -0.25) is 9.59 Å². The number of aromatic nitrogens is 1. The van der Waals surface area contributed by atoms with E-state index >= 15 is 0 Å². The van der Waals surface area contributed by atoms with Gasteiger partial charge in [0.15, 0.2) is 18.0 Å². The maximum absolute atomic E-state index is 12.3. The fourth-order valence-corrected chi connectivity index (χ4v) is 3.30. The van der Waals surface area contributed by atoms with Gasteiger partial charge in [0.25, 0.3) is 5.22 Å². The number of esters is 1. The van der Waals surface area contributed by atoms with Gasteiger partial charge in [-0.05, 0) is 29.0 Å². The summed E-state index contributed by atoms with van der Waals surface area (Å²) in [5.74, 6) is -0.699. The zero-order valence-electron chi connectivity index (χ0n) is 14.3. The van der Waals surface area contributed by atoms with Crippen LogP contribution in [-0.2, 0) is 9.53 Å². The number of ether oxygens (including phenoxy) is 1. The zero-order chi connectivity index (χ0) is 18.6. The summed E-state index contributed by atoms with van der Waals surface area (Å²) in [6, 6.07) is 20.6. The molecule has 0 bridgehead atoms. The van der Waals surface area contributed by atoms with Crippen LogP contribution in [0.2, 0.25) is 0 Å². The molecule has 27 heavy (non-hydrogen) atoms. The molecule has 3 aromatic carbocycles. The number of ketones is 1. The summed E-state index contributed by atoms with van der Waals surface area (Å²) >= 11 is 1.14. The van der Waals surface area contributed by atoms with Gasteiger partial charge in [0.05, 0.1) is 0 Å². The summed E-state index contributed by atoms with van der Waals surface area (Å²) < 4.78 is 10.6. The predicted molar refractivity (Wildman–Crippen MR) is 104 cm³/mol. The predicted octanol–water partition coefficient (Wildman–Crippen LogP) is 4.50. The third-order valence-electron chi connectivity index (χ3n) is 4.02. The lowest BCUT2D eigenvalue weighted by molar-refractivity contribution is -0.139. The molecule has 0 saturated carbocycles. The molecule has 4 rings (SSSR count). The molecule has 5 nitrogen and oxygen atoms in total. The largest absolute Gasteiger partial charge is 0.457 e. The molecular formula is C21H15NO4S. The number of Topliss-reactive ketones (excluding diaryl/α,β-unsaturated/α-hetero) is 1. The van der Waals surface area contributed by atoms with E-state index < -0.39 is 5.97 Å². The molecule has 0 atom stereocenters. The highest BCUT2D eigenvalue weighted by Gasteiger charge is 2.13. The van der Waals surface area contributed by atoms with E-state index in [1.165, 1.54) is 0 Å². The lowest BCUT2D eigenvalue weighted by atomic mass is 10.0. The van der Waals surface area contributed by atoms with Crippen molar-refractivity contribution in [2.45, 2.75) is 5.22 Å². The zero-order valence-corrected chi connectivity index (χ0v) is 15.1. The van der Waals surface area contributed by atoms with E-state index in [2.05, 4.69) is 4.98 Å². The van der Waals surface area contributed by atoms with E-state index in [1.807, 2.05) is 54.6 Å². The van der Waals surface area contributed by atoms with Gasteiger partial charge < -0.3 is 9.15 Å². The second-order valence-electron chi connectivity index (χ2n) is 5.88. The summed E-state index contributed by atoms with van der Waals surface area (Å²) in [6.07, 6.45) is 0. The number of para-hydroxylation sites is 2. The number of hydrogen-bond donors (Lipinski definition) is 0. The Balaban J connectivity index is 1.32. The number of benzene rings is 3. The minimum Gasteiger partial charge on any atom is -0.457 e. The summed E-state index contributed by atoms with van der Waals surface area (Å²) in [6.45, 7) is -0.286. The number of oxazole rings is 1. The first-order chi connectivity index (χ1) is 13.2. The maximum Gasteiger partial charge on any atom is 0.316 e. The van der Waals surface area contributed by atoms with Crippen molar-refractivity contribution in [3.8, 4) is 0 Å². The topological polar surface area (TPSA) is 69.4 Å². The fraction of sp³-hybridized carbons (Fsp3) is 0.0952. The summed E-state index contributed by atoms with van der Waals surface area (Å²) in [5.41, 5.74) is 1.92. The standard InChI is InChI=1S/C21H15NO4S/c23-18(16-10-9-14-5-1-2-6-15(14)11-16)12-25-20(24)13-27-21-22-17-7-3-4-8-19(17)26-21/h1-11H,12-13H2. The highest BCUT2D eigenvalue weighted by atomic mass is 32.2. The molecule has 1 aromatic heterocycles. The van der Waals surface area contributed by atoms with Crippen LogP contribution in [0.3, 0.4) is 0 Å². The van der Waals surface area contributed by atoms with E-state index in [1.54, 1.807) is 12.1 Å². The van der Waals surface area contributed by atoms with Crippen LogP contribution in [0.1, 0.15) is 10.4 Å². The number of fused-ring (bicyclic) bond motifs is 2. The molecule has 0 aliphatic carbocycles. The Bertz CT molecular complexity index is 1100. The lowest BCUT2D eigenvalue weighted by Gasteiger charge is -2.05. The van der Waals surface area contributed by atoms with E-state index in [-0.39, 0.29) is 18.1 Å². The van der Waals surface area contributed by atoms with Crippen molar-refractivity contribution in [2.24, 2.45) is 0 Å². The number of nitrogens with zero attached hydrogens (tertiary/aromatic N) is 1. The average molecular weight is 377 g/mol. The molecule has 0 aliphatic heterocycles. The molecule has 6 heteroatoms. The van der Waals surface area contributed by atoms with Crippen LogP contribution in [-0.4, -0.2) is 29.1 Å². The molecule has 0 amide bonds. The first-order valence-corrected chi connectivity index (χ1v) is 9.33. The lowest BCUT2D eigenvalue weighted by Crippen LogP contribution is -2.15. The Hall–Kier alpha value is -3.12. The molecule has 0 radical (unpaired) electrons. The Labute approximate surface area is 159 Å². The molecule has 1 heterocycles. The summed E-state index contributed by atoms with van der Waals surface area (Å²) in [4.78, 5) is 28.5. The monoisotopic (exact) mass is 377 g/mol.